The van der Waals surface area contributed by atoms with Crippen LogP contribution >= 0.6 is 0 Å². The number of carbonyl (C=O) groups excluding carboxylic acids is 1. The van der Waals surface area contributed by atoms with E-state index in [1.165, 1.54) is 0 Å². The summed E-state index contributed by atoms with van der Waals surface area (Å²) >= 11 is 0. The number of carbonyl (C=O) groups is 1. The lowest BCUT2D eigenvalue weighted by Crippen LogP contribution is -2.24. The van der Waals surface area contributed by atoms with Crippen LogP contribution in [0.25, 0.3) is 16.9 Å². The van der Waals surface area contributed by atoms with Gasteiger partial charge in [-0.15, -0.1) is 5.10 Å². The molecular formula is C22H18N4O. The van der Waals surface area contributed by atoms with Crippen molar-refractivity contribution in [1.82, 2.24) is 20.3 Å². The van der Waals surface area contributed by atoms with E-state index >= 15 is 0 Å². The fourth-order valence-corrected chi connectivity index (χ4v) is 2.86. The zero-order valence-electron chi connectivity index (χ0n) is 14.6. The molecule has 0 aliphatic rings. The van der Waals surface area contributed by atoms with Gasteiger partial charge < -0.3 is 5.32 Å². The van der Waals surface area contributed by atoms with Gasteiger partial charge in [-0.25, -0.2) is 4.68 Å². The van der Waals surface area contributed by atoms with Crippen LogP contribution in [0, 0.1) is 0 Å². The maximum absolute atomic E-state index is 12.7. The first-order valence-electron chi connectivity index (χ1n) is 8.70. The molecule has 5 heteroatoms. The van der Waals surface area contributed by atoms with Crippen molar-refractivity contribution in [3.8, 4) is 16.9 Å². The maximum atomic E-state index is 12.7. The van der Waals surface area contributed by atoms with Crippen LogP contribution in [0.3, 0.4) is 0 Å². The zero-order valence-corrected chi connectivity index (χ0v) is 14.6. The van der Waals surface area contributed by atoms with E-state index in [-0.39, 0.29) is 5.91 Å². The van der Waals surface area contributed by atoms with Crippen molar-refractivity contribution in [2.24, 2.45) is 0 Å². The fraction of sp³-hybridized carbons (Fsp3) is 0.0455. The molecule has 5 nitrogen and oxygen atoms in total. The van der Waals surface area contributed by atoms with Crippen LogP contribution in [0.4, 0.5) is 0 Å². The Morgan fingerprint density at radius 1 is 0.852 bits per heavy atom. The normalized spacial score (nSPS) is 10.5. The molecule has 1 amide bonds. The number of hydrogen-bond donors (Lipinski definition) is 1. The summed E-state index contributed by atoms with van der Waals surface area (Å²) in [6.07, 6.45) is 1.83. The lowest BCUT2D eigenvalue weighted by Gasteiger charge is -2.09. The molecule has 0 unspecified atom stereocenters. The molecule has 27 heavy (non-hydrogen) atoms. The second-order valence-electron chi connectivity index (χ2n) is 6.10. The molecule has 1 heterocycles. The van der Waals surface area contributed by atoms with Gasteiger partial charge in [0, 0.05) is 12.1 Å². The Balaban J connectivity index is 1.58. The van der Waals surface area contributed by atoms with Crippen molar-refractivity contribution in [2.45, 2.75) is 6.54 Å². The topological polar surface area (TPSA) is 59.8 Å². The van der Waals surface area contributed by atoms with E-state index in [0.29, 0.717) is 17.8 Å². The first-order valence-corrected chi connectivity index (χ1v) is 8.70. The predicted molar refractivity (Wildman–Crippen MR) is 104 cm³/mol. The number of nitrogens with zero attached hydrogens (tertiary/aromatic N) is 3. The average Bonchev–Trinajstić information content (AvgIpc) is 3.23. The van der Waals surface area contributed by atoms with E-state index < -0.39 is 0 Å². The molecule has 132 valence electrons. The molecule has 0 saturated carbocycles. The summed E-state index contributed by atoms with van der Waals surface area (Å²) in [7, 11) is 0. The van der Waals surface area contributed by atoms with E-state index in [1.807, 2.05) is 85.1 Å². The van der Waals surface area contributed by atoms with Gasteiger partial charge in [-0.05, 0) is 17.7 Å². The van der Waals surface area contributed by atoms with Crippen molar-refractivity contribution >= 4 is 5.91 Å². The number of para-hydroxylation sites is 1. The number of aromatic nitrogens is 3. The predicted octanol–water partition coefficient (Wildman–Crippen LogP) is 3.86. The number of hydrogen-bond acceptors (Lipinski definition) is 3. The van der Waals surface area contributed by atoms with Crippen molar-refractivity contribution in [2.75, 3.05) is 0 Å². The van der Waals surface area contributed by atoms with Crippen molar-refractivity contribution in [3.63, 3.8) is 0 Å². The van der Waals surface area contributed by atoms with Crippen molar-refractivity contribution in [3.05, 3.63) is 102 Å². The fourth-order valence-electron chi connectivity index (χ4n) is 2.86. The first-order chi connectivity index (χ1) is 13.3. The van der Waals surface area contributed by atoms with E-state index in [1.54, 1.807) is 10.7 Å². The largest absolute Gasteiger partial charge is 0.348 e. The van der Waals surface area contributed by atoms with E-state index in [9.17, 15) is 4.79 Å². The van der Waals surface area contributed by atoms with Gasteiger partial charge in [0.25, 0.3) is 5.91 Å². The second kappa shape index (κ2) is 7.66. The number of amides is 1. The van der Waals surface area contributed by atoms with Gasteiger partial charge >= 0.3 is 0 Å². The van der Waals surface area contributed by atoms with Gasteiger partial charge in [-0.2, -0.15) is 0 Å². The van der Waals surface area contributed by atoms with Crippen LogP contribution in [0.5, 0.6) is 0 Å². The Hall–Kier alpha value is -3.73. The van der Waals surface area contributed by atoms with Gasteiger partial charge in [-0.1, -0.05) is 78.0 Å². The van der Waals surface area contributed by atoms with Gasteiger partial charge in [0.15, 0.2) is 0 Å². The average molecular weight is 354 g/mol. The molecule has 3 aromatic carbocycles. The summed E-state index contributed by atoms with van der Waals surface area (Å²) in [5, 5.41) is 11.4. The highest BCUT2D eigenvalue weighted by Gasteiger charge is 2.14. The van der Waals surface area contributed by atoms with Crippen LogP contribution in [-0.2, 0) is 6.54 Å². The standard InChI is InChI=1S/C22H18N4O/c27-22(23-15-17-9-3-1-4-10-17)19-13-7-8-14-21(19)26-16-20(24-25-26)18-11-5-2-6-12-18/h1-14,16H,15H2,(H,23,27). The van der Waals surface area contributed by atoms with Crippen LogP contribution in [-0.4, -0.2) is 20.9 Å². The first kappa shape index (κ1) is 16.7. The van der Waals surface area contributed by atoms with E-state index in [2.05, 4.69) is 15.6 Å². The molecule has 0 aliphatic carbocycles. The molecule has 4 aromatic rings. The number of nitrogens with one attached hydrogen (secondary N) is 1. The van der Waals surface area contributed by atoms with Crippen molar-refractivity contribution in [1.29, 1.82) is 0 Å². The third kappa shape index (κ3) is 3.77. The van der Waals surface area contributed by atoms with Gasteiger partial charge in [0.05, 0.1) is 17.4 Å². The number of rotatable bonds is 5. The summed E-state index contributed by atoms with van der Waals surface area (Å²) in [5.74, 6) is -0.147. The Labute approximate surface area is 157 Å². The quantitative estimate of drug-likeness (QED) is 0.592. The van der Waals surface area contributed by atoms with E-state index in [0.717, 1.165) is 16.8 Å². The molecule has 0 spiro atoms. The van der Waals surface area contributed by atoms with E-state index in [4.69, 9.17) is 0 Å². The third-order valence-electron chi connectivity index (χ3n) is 4.25. The second-order valence-corrected chi connectivity index (χ2v) is 6.10. The van der Waals surface area contributed by atoms with Crippen LogP contribution in [0.2, 0.25) is 0 Å². The minimum Gasteiger partial charge on any atom is -0.348 e. The molecule has 1 aromatic heterocycles. The Kier molecular flexibility index (Phi) is 4.74. The summed E-state index contributed by atoms with van der Waals surface area (Å²) < 4.78 is 1.64. The van der Waals surface area contributed by atoms with Crippen LogP contribution in [0.15, 0.2) is 91.1 Å². The highest BCUT2D eigenvalue weighted by molar-refractivity contribution is 5.97. The minimum absolute atomic E-state index is 0.147. The lowest BCUT2D eigenvalue weighted by molar-refractivity contribution is 0.0950. The molecule has 0 bridgehead atoms. The molecule has 4 rings (SSSR count). The molecule has 0 saturated heterocycles. The molecule has 0 aliphatic heterocycles. The highest BCUT2D eigenvalue weighted by Crippen LogP contribution is 2.19. The molecule has 0 radical (unpaired) electrons. The summed E-state index contributed by atoms with van der Waals surface area (Å²) in [4.78, 5) is 12.7. The molecule has 0 atom stereocenters. The zero-order chi connectivity index (χ0) is 18.5. The highest BCUT2D eigenvalue weighted by atomic mass is 16.1. The van der Waals surface area contributed by atoms with Crippen molar-refractivity contribution < 1.29 is 4.79 Å². The Morgan fingerprint density at radius 2 is 1.52 bits per heavy atom. The Morgan fingerprint density at radius 3 is 2.30 bits per heavy atom. The Bertz CT molecular complexity index is 1040. The lowest BCUT2D eigenvalue weighted by atomic mass is 10.1. The number of benzene rings is 3. The SMILES string of the molecule is O=C(NCc1ccccc1)c1ccccc1-n1cc(-c2ccccc2)nn1. The smallest absolute Gasteiger partial charge is 0.253 e. The minimum atomic E-state index is -0.147. The maximum Gasteiger partial charge on any atom is 0.253 e. The monoisotopic (exact) mass is 354 g/mol. The van der Waals surface area contributed by atoms with Gasteiger partial charge in [-0.3, -0.25) is 4.79 Å². The van der Waals surface area contributed by atoms with Gasteiger partial charge in [0.1, 0.15) is 5.69 Å². The molecule has 0 fully saturated rings. The molecule has 1 N–H and O–H groups in total. The van der Waals surface area contributed by atoms with Gasteiger partial charge in [0.2, 0.25) is 0 Å². The summed E-state index contributed by atoms with van der Waals surface area (Å²) in [6.45, 7) is 0.473. The van der Waals surface area contributed by atoms with Crippen LogP contribution in [0.1, 0.15) is 15.9 Å². The van der Waals surface area contributed by atoms with Crippen LogP contribution < -0.4 is 5.32 Å². The third-order valence-corrected chi connectivity index (χ3v) is 4.25. The summed E-state index contributed by atoms with van der Waals surface area (Å²) in [6, 6.07) is 27.0. The summed E-state index contributed by atoms with van der Waals surface area (Å²) in [5.41, 5.74) is 4.04. The molecular weight excluding hydrogens is 336 g/mol.